The average molecular weight is 301 g/mol. The summed E-state index contributed by atoms with van der Waals surface area (Å²) in [5, 5.41) is 9.28. The van der Waals surface area contributed by atoms with Crippen LogP contribution in [0.5, 0.6) is 0 Å². The molecule has 0 amide bonds. The average Bonchev–Trinajstić information content (AvgIpc) is 2.46. The molecular weight excluding hydrogens is 278 g/mol. The Bertz CT molecular complexity index is 514. The predicted molar refractivity (Wildman–Crippen MR) is 78.0 cm³/mol. The van der Waals surface area contributed by atoms with E-state index in [4.69, 9.17) is 4.74 Å². The molecule has 0 heterocycles. The van der Waals surface area contributed by atoms with Gasteiger partial charge in [-0.3, -0.25) is 0 Å². The highest BCUT2D eigenvalue weighted by atomic mass is 32.2. The minimum absolute atomic E-state index is 0.156. The Hall–Kier alpha value is -0.950. The molecule has 114 valence electrons. The summed E-state index contributed by atoms with van der Waals surface area (Å²) in [6.45, 7) is 5.22. The molecule has 0 unspecified atom stereocenters. The van der Waals surface area contributed by atoms with Crippen molar-refractivity contribution in [2.75, 3.05) is 19.8 Å². The standard InChI is InChI=1S/C14H23NO4S/c1-3-12-6-7-14(10-13(12)11-16)20(17,18)15-8-5-9-19-4-2/h6-7,10,15-16H,3-5,8-9,11H2,1-2H3. The first-order valence-electron chi connectivity index (χ1n) is 6.85. The molecule has 1 aromatic rings. The van der Waals surface area contributed by atoms with Crippen LogP contribution >= 0.6 is 0 Å². The Kier molecular flexibility index (Phi) is 7.15. The topological polar surface area (TPSA) is 75.6 Å². The van der Waals surface area contributed by atoms with Crippen molar-refractivity contribution in [2.24, 2.45) is 0 Å². The molecule has 0 aliphatic carbocycles. The highest BCUT2D eigenvalue weighted by Crippen LogP contribution is 2.16. The van der Waals surface area contributed by atoms with Crippen molar-refractivity contribution in [1.82, 2.24) is 4.72 Å². The van der Waals surface area contributed by atoms with Crippen LogP contribution in [-0.2, 0) is 27.8 Å². The first-order chi connectivity index (χ1) is 9.55. The molecule has 0 bridgehead atoms. The molecule has 0 radical (unpaired) electrons. The molecule has 6 heteroatoms. The molecule has 1 aromatic carbocycles. The van der Waals surface area contributed by atoms with Crippen LogP contribution in [-0.4, -0.2) is 33.3 Å². The second kappa shape index (κ2) is 8.36. The largest absolute Gasteiger partial charge is 0.392 e. The highest BCUT2D eigenvalue weighted by molar-refractivity contribution is 7.89. The number of sulfonamides is 1. The summed E-state index contributed by atoms with van der Waals surface area (Å²) in [7, 11) is -3.52. The van der Waals surface area contributed by atoms with Gasteiger partial charge in [0.15, 0.2) is 0 Å². The molecule has 20 heavy (non-hydrogen) atoms. The number of nitrogens with one attached hydrogen (secondary N) is 1. The van der Waals surface area contributed by atoms with E-state index in [2.05, 4.69) is 4.72 Å². The van der Waals surface area contributed by atoms with Crippen LogP contribution < -0.4 is 4.72 Å². The van der Waals surface area contributed by atoms with Gasteiger partial charge in [0.1, 0.15) is 0 Å². The summed E-state index contributed by atoms with van der Waals surface area (Å²) in [4.78, 5) is 0.190. The molecule has 0 aromatic heterocycles. The van der Waals surface area contributed by atoms with E-state index in [1.165, 1.54) is 6.07 Å². The third kappa shape index (κ3) is 4.86. The number of benzene rings is 1. The minimum atomic E-state index is -3.52. The van der Waals surface area contributed by atoms with Crippen LogP contribution in [0.4, 0.5) is 0 Å². The summed E-state index contributed by atoms with van der Waals surface area (Å²) in [5.41, 5.74) is 1.62. The lowest BCUT2D eigenvalue weighted by Crippen LogP contribution is -2.25. The number of hydrogen-bond acceptors (Lipinski definition) is 4. The number of hydrogen-bond donors (Lipinski definition) is 2. The maximum absolute atomic E-state index is 12.1. The van der Waals surface area contributed by atoms with Gasteiger partial charge in [0.2, 0.25) is 10.0 Å². The molecule has 0 aliphatic rings. The van der Waals surface area contributed by atoms with Crippen LogP contribution in [0.1, 0.15) is 31.4 Å². The summed E-state index contributed by atoms with van der Waals surface area (Å²) in [6.07, 6.45) is 1.39. The van der Waals surface area contributed by atoms with Crippen LogP contribution in [0, 0.1) is 0 Å². The normalized spacial score (nSPS) is 11.8. The number of ether oxygens (including phenoxy) is 1. The number of aliphatic hydroxyl groups is 1. The van der Waals surface area contributed by atoms with Crippen molar-refractivity contribution < 1.29 is 18.3 Å². The molecule has 0 saturated carbocycles. The molecule has 0 saturated heterocycles. The Labute approximate surface area is 121 Å². The lowest BCUT2D eigenvalue weighted by Gasteiger charge is -2.10. The summed E-state index contributed by atoms with van der Waals surface area (Å²) < 4.78 is 31.9. The summed E-state index contributed by atoms with van der Waals surface area (Å²) in [6, 6.07) is 4.85. The van der Waals surface area contributed by atoms with Gasteiger partial charge >= 0.3 is 0 Å². The molecule has 2 N–H and O–H groups in total. The number of rotatable bonds is 9. The predicted octanol–water partition coefficient (Wildman–Crippen LogP) is 1.45. The van der Waals surface area contributed by atoms with Gasteiger partial charge in [-0.1, -0.05) is 13.0 Å². The van der Waals surface area contributed by atoms with E-state index in [1.54, 1.807) is 12.1 Å². The van der Waals surface area contributed by atoms with Crippen molar-refractivity contribution >= 4 is 10.0 Å². The SMILES string of the molecule is CCOCCCNS(=O)(=O)c1ccc(CC)c(CO)c1. The van der Waals surface area contributed by atoms with Gasteiger partial charge in [0, 0.05) is 19.8 Å². The van der Waals surface area contributed by atoms with E-state index in [1.807, 2.05) is 13.8 Å². The Morgan fingerprint density at radius 3 is 2.60 bits per heavy atom. The second-order valence-electron chi connectivity index (χ2n) is 4.39. The monoisotopic (exact) mass is 301 g/mol. The molecular formula is C14H23NO4S. The highest BCUT2D eigenvalue weighted by Gasteiger charge is 2.14. The van der Waals surface area contributed by atoms with Crippen molar-refractivity contribution in [2.45, 2.75) is 38.2 Å². The smallest absolute Gasteiger partial charge is 0.240 e. The van der Waals surface area contributed by atoms with E-state index in [0.29, 0.717) is 31.7 Å². The zero-order valence-corrected chi connectivity index (χ0v) is 12.9. The van der Waals surface area contributed by atoms with Gasteiger partial charge in [-0.25, -0.2) is 13.1 Å². The summed E-state index contributed by atoms with van der Waals surface area (Å²) >= 11 is 0. The number of aliphatic hydroxyl groups excluding tert-OH is 1. The molecule has 0 spiro atoms. The zero-order chi connectivity index (χ0) is 15.0. The van der Waals surface area contributed by atoms with E-state index in [0.717, 1.165) is 12.0 Å². The molecule has 0 aliphatic heterocycles. The zero-order valence-electron chi connectivity index (χ0n) is 12.1. The fourth-order valence-corrected chi connectivity index (χ4v) is 2.99. The Morgan fingerprint density at radius 2 is 2.00 bits per heavy atom. The fraction of sp³-hybridized carbons (Fsp3) is 0.571. The third-order valence-corrected chi connectivity index (χ3v) is 4.46. The quantitative estimate of drug-likeness (QED) is 0.677. The van der Waals surface area contributed by atoms with Gasteiger partial charge in [0.25, 0.3) is 0 Å². The molecule has 0 atom stereocenters. The van der Waals surface area contributed by atoms with E-state index >= 15 is 0 Å². The van der Waals surface area contributed by atoms with Crippen molar-refractivity contribution in [3.63, 3.8) is 0 Å². The molecule has 1 rings (SSSR count). The molecule has 0 fully saturated rings. The summed E-state index contributed by atoms with van der Waals surface area (Å²) in [5.74, 6) is 0. The van der Waals surface area contributed by atoms with Gasteiger partial charge < -0.3 is 9.84 Å². The lowest BCUT2D eigenvalue weighted by molar-refractivity contribution is 0.146. The Morgan fingerprint density at radius 1 is 1.25 bits per heavy atom. The van der Waals surface area contributed by atoms with Crippen molar-refractivity contribution in [3.8, 4) is 0 Å². The maximum atomic E-state index is 12.1. The Balaban J connectivity index is 2.72. The van der Waals surface area contributed by atoms with Crippen molar-refractivity contribution in [3.05, 3.63) is 29.3 Å². The first kappa shape index (κ1) is 17.1. The van der Waals surface area contributed by atoms with Crippen LogP contribution in [0.2, 0.25) is 0 Å². The van der Waals surface area contributed by atoms with Gasteiger partial charge in [-0.15, -0.1) is 0 Å². The van der Waals surface area contributed by atoms with Gasteiger partial charge in [-0.05, 0) is 43.0 Å². The van der Waals surface area contributed by atoms with E-state index < -0.39 is 10.0 Å². The maximum Gasteiger partial charge on any atom is 0.240 e. The van der Waals surface area contributed by atoms with Crippen LogP contribution in [0.3, 0.4) is 0 Å². The van der Waals surface area contributed by atoms with E-state index in [-0.39, 0.29) is 11.5 Å². The van der Waals surface area contributed by atoms with Crippen molar-refractivity contribution in [1.29, 1.82) is 0 Å². The van der Waals surface area contributed by atoms with Gasteiger partial charge in [0.05, 0.1) is 11.5 Å². The minimum Gasteiger partial charge on any atom is -0.392 e. The molecule has 5 nitrogen and oxygen atoms in total. The van der Waals surface area contributed by atoms with Crippen LogP contribution in [0.15, 0.2) is 23.1 Å². The lowest BCUT2D eigenvalue weighted by atomic mass is 10.1. The third-order valence-electron chi connectivity index (χ3n) is 3.00. The first-order valence-corrected chi connectivity index (χ1v) is 8.33. The van der Waals surface area contributed by atoms with Crippen LogP contribution in [0.25, 0.3) is 0 Å². The fourth-order valence-electron chi connectivity index (χ4n) is 1.87. The van der Waals surface area contributed by atoms with Gasteiger partial charge in [-0.2, -0.15) is 0 Å². The van der Waals surface area contributed by atoms with E-state index in [9.17, 15) is 13.5 Å². The number of aryl methyl sites for hydroxylation is 1. The second-order valence-corrected chi connectivity index (χ2v) is 6.16.